The van der Waals surface area contributed by atoms with Gasteiger partial charge in [0.2, 0.25) is 0 Å². The molecule has 5 aromatic carbocycles. The predicted molar refractivity (Wildman–Crippen MR) is 151 cm³/mol. The number of phenols is 1. The third-order valence-corrected chi connectivity index (χ3v) is 6.78. The molecule has 4 heteroatoms. The monoisotopic (exact) mass is 533 g/mol. The van der Waals surface area contributed by atoms with Crippen molar-refractivity contribution in [3.05, 3.63) is 137 Å². The highest BCUT2D eigenvalue weighted by Gasteiger charge is 2.24. The number of nitrogens with zero attached hydrogens (tertiary/aromatic N) is 1. The summed E-state index contributed by atoms with van der Waals surface area (Å²) in [5.74, 6) is 0.0683. The number of aromatic hydroxyl groups is 1. The quantitative estimate of drug-likeness (QED) is 0.222. The first-order chi connectivity index (χ1) is 17.5. The van der Waals surface area contributed by atoms with Crippen LogP contribution in [0.15, 0.2) is 126 Å². The normalized spacial score (nSPS) is 10.7. The van der Waals surface area contributed by atoms with Gasteiger partial charge in [0.15, 0.2) is 5.78 Å². The van der Waals surface area contributed by atoms with Crippen LogP contribution in [0.3, 0.4) is 0 Å². The summed E-state index contributed by atoms with van der Waals surface area (Å²) in [6.07, 6.45) is 0. The molecule has 36 heavy (non-hydrogen) atoms. The average molecular weight is 534 g/mol. The van der Waals surface area contributed by atoms with Gasteiger partial charge in [0.25, 0.3) is 0 Å². The van der Waals surface area contributed by atoms with Crippen molar-refractivity contribution in [2.75, 3.05) is 11.9 Å². The van der Waals surface area contributed by atoms with Gasteiger partial charge >= 0.3 is 0 Å². The zero-order valence-corrected chi connectivity index (χ0v) is 21.3. The first-order valence-electron chi connectivity index (χ1n) is 11.6. The van der Waals surface area contributed by atoms with Gasteiger partial charge in [-0.25, -0.2) is 0 Å². The lowest BCUT2D eigenvalue weighted by atomic mass is 9.88. The molecule has 0 bridgehead atoms. The molecule has 0 aromatic heterocycles. The van der Waals surface area contributed by atoms with E-state index in [9.17, 15) is 9.90 Å². The number of rotatable bonds is 6. The molecule has 0 heterocycles. The molecule has 0 aliphatic heterocycles. The number of carbonyl (C=O) groups is 1. The van der Waals surface area contributed by atoms with Crippen LogP contribution in [-0.2, 0) is 0 Å². The van der Waals surface area contributed by atoms with Crippen LogP contribution in [0.25, 0.3) is 22.3 Å². The molecule has 0 aliphatic carbocycles. The van der Waals surface area contributed by atoms with Crippen LogP contribution in [0.1, 0.15) is 15.9 Å². The Bertz CT molecular complexity index is 1510. The number of hydrogen-bond acceptors (Lipinski definition) is 3. The van der Waals surface area contributed by atoms with Gasteiger partial charge in [0.05, 0.1) is 16.9 Å². The maximum Gasteiger partial charge on any atom is 0.195 e. The third-order valence-electron chi connectivity index (χ3n) is 6.25. The maximum atomic E-state index is 14.1. The summed E-state index contributed by atoms with van der Waals surface area (Å²) in [4.78, 5) is 16.0. The molecule has 0 unspecified atom stereocenters. The Morgan fingerprint density at radius 3 is 1.94 bits per heavy atom. The summed E-state index contributed by atoms with van der Waals surface area (Å²) in [6, 6.07) is 38.7. The largest absolute Gasteiger partial charge is 0.506 e. The van der Waals surface area contributed by atoms with Crippen LogP contribution in [0.4, 0.5) is 11.4 Å². The van der Waals surface area contributed by atoms with Gasteiger partial charge in [-0.2, -0.15) is 0 Å². The minimum atomic E-state index is -0.0783. The van der Waals surface area contributed by atoms with E-state index in [2.05, 4.69) is 34.1 Å². The van der Waals surface area contributed by atoms with Gasteiger partial charge in [-0.15, -0.1) is 0 Å². The number of benzene rings is 5. The van der Waals surface area contributed by atoms with Gasteiger partial charge < -0.3 is 10.0 Å². The average Bonchev–Trinajstić information content (AvgIpc) is 2.93. The van der Waals surface area contributed by atoms with Gasteiger partial charge in [0, 0.05) is 17.1 Å². The van der Waals surface area contributed by atoms with E-state index in [4.69, 9.17) is 0 Å². The Balaban J connectivity index is 1.84. The molecule has 0 saturated carbocycles. The number of phenolic OH excluding ortho intramolecular Hbond substituents is 1. The molecular weight excluding hydrogens is 510 g/mol. The lowest BCUT2D eigenvalue weighted by Crippen LogP contribution is -2.16. The van der Waals surface area contributed by atoms with Gasteiger partial charge in [0.1, 0.15) is 5.75 Å². The second kappa shape index (κ2) is 10.2. The van der Waals surface area contributed by atoms with E-state index in [1.165, 1.54) is 0 Å². The zero-order chi connectivity index (χ0) is 25.1. The minimum Gasteiger partial charge on any atom is -0.506 e. The van der Waals surface area contributed by atoms with Crippen molar-refractivity contribution in [3.8, 4) is 28.0 Å². The molecule has 176 valence electrons. The van der Waals surface area contributed by atoms with Crippen molar-refractivity contribution in [3.63, 3.8) is 0 Å². The number of halogens is 1. The van der Waals surface area contributed by atoms with E-state index in [0.717, 1.165) is 26.7 Å². The van der Waals surface area contributed by atoms with E-state index in [1.807, 2.05) is 103 Å². The first-order valence-corrected chi connectivity index (χ1v) is 12.4. The van der Waals surface area contributed by atoms with E-state index in [0.29, 0.717) is 22.5 Å². The molecule has 5 rings (SSSR count). The standard InChI is InChI=1S/C32H24BrNO2/c1-34(28-14-8-9-15-30(28)35)29-21-25(22-10-4-2-5-11-22)20-27(23-16-18-26(33)19-17-23)31(29)32(36)24-12-6-3-7-13-24/h2-21,35H,1H3. The molecule has 0 fully saturated rings. The van der Waals surface area contributed by atoms with Crippen LogP contribution >= 0.6 is 15.9 Å². The summed E-state index contributed by atoms with van der Waals surface area (Å²) < 4.78 is 0.966. The van der Waals surface area contributed by atoms with Crippen LogP contribution < -0.4 is 4.90 Å². The molecule has 3 nitrogen and oxygen atoms in total. The van der Waals surface area contributed by atoms with Crippen molar-refractivity contribution in [1.82, 2.24) is 0 Å². The molecule has 0 aliphatic rings. The molecule has 0 amide bonds. The fourth-order valence-corrected chi connectivity index (χ4v) is 4.66. The molecular formula is C32H24BrNO2. The highest BCUT2D eigenvalue weighted by atomic mass is 79.9. The number of para-hydroxylation sites is 2. The SMILES string of the molecule is CN(c1ccccc1O)c1cc(-c2ccccc2)cc(-c2ccc(Br)cc2)c1C(=O)c1ccccc1. The van der Waals surface area contributed by atoms with E-state index < -0.39 is 0 Å². The van der Waals surface area contributed by atoms with Crippen molar-refractivity contribution in [2.24, 2.45) is 0 Å². The van der Waals surface area contributed by atoms with Crippen molar-refractivity contribution >= 4 is 33.1 Å². The molecule has 0 saturated heterocycles. The van der Waals surface area contributed by atoms with Crippen LogP contribution in [0.5, 0.6) is 5.75 Å². The number of carbonyl (C=O) groups excluding carboxylic acids is 1. The van der Waals surface area contributed by atoms with Crippen molar-refractivity contribution < 1.29 is 9.90 Å². The summed E-state index contributed by atoms with van der Waals surface area (Å²) in [6.45, 7) is 0. The Labute approximate surface area is 219 Å². The van der Waals surface area contributed by atoms with E-state index >= 15 is 0 Å². The Morgan fingerprint density at radius 2 is 1.28 bits per heavy atom. The topological polar surface area (TPSA) is 40.5 Å². The summed E-state index contributed by atoms with van der Waals surface area (Å²) in [5.41, 5.74) is 6.30. The van der Waals surface area contributed by atoms with Crippen LogP contribution in [0.2, 0.25) is 0 Å². The Hall–Kier alpha value is -4.15. The van der Waals surface area contributed by atoms with Gasteiger partial charge in [-0.3, -0.25) is 4.79 Å². The zero-order valence-electron chi connectivity index (χ0n) is 19.7. The second-order valence-electron chi connectivity index (χ2n) is 8.53. The molecule has 0 radical (unpaired) electrons. The molecule has 0 atom stereocenters. The maximum absolute atomic E-state index is 14.1. The van der Waals surface area contributed by atoms with E-state index in [-0.39, 0.29) is 11.5 Å². The van der Waals surface area contributed by atoms with Crippen molar-refractivity contribution in [2.45, 2.75) is 0 Å². The van der Waals surface area contributed by atoms with Crippen molar-refractivity contribution in [1.29, 1.82) is 0 Å². The molecule has 0 spiro atoms. The third kappa shape index (κ3) is 4.68. The highest BCUT2D eigenvalue weighted by molar-refractivity contribution is 9.10. The van der Waals surface area contributed by atoms with Crippen LogP contribution in [0, 0.1) is 0 Å². The highest BCUT2D eigenvalue weighted by Crippen LogP contribution is 2.42. The number of anilines is 2. The second-order valence-corrected chi connectivity index (χ2v) is 9.45. The minimum absolute atomic E-state index is 0.0783. The fraction of sp³-hybridized carbons (Fsp3) is 0.0312. The molecule has 5 aromatic rings. The van der Waals surface area contributed by atoms with Gasteiger partial charge in [-0.1, -0.05) is 101 Å². The summed E-state index contributed by atoms with van der Waals surface area (Å²) in [5, 5.41) is 10.7. The molecule has 1 N–H and O–H groups in total. The van der Waals surface area contributed by atoms with Crippen LogP contribution in [-0.4, -0.2) is 17.9 Å². The Morgan fingerprint density at radius 1 is 0.667 bits per heavy atom. The lowest BCUT2D eigenvalue weighted by molar-refractivity contribution is 0.104. The number of ketones is 1. The fourth-order valence-electron chi connectivity index (χ4n) is 4.40. The van der Waals surface area contributed by atoms with Gasteiger partial charge in [-0.05, 0) is 58.7 Å². The summed E-state index contributed by atoms with van der Waals surface area (Å²) >= 11 is 3.53. The lowest BCUT2D eigenvalue weighted by Gasteiger charge is -2.26. The predicted octanol–water partition coefficient (Wildman–Crippen LogP) is 8.49. The number of hydrogen-bond donors (Lipinski definition) is 1. The summed E-state index contributed by atoms with van der Waals surface area (Å²) in [7, 11) is 1.88. The first kappa shape index (κ1) is 23.6. The smallest absolute Gasteiger partial charge is 0.195 e. The van der Waals surface area contributed by atoms with E-state index in [1.54, 1.807) is 12.1 Å². The Kier molecular flexibility index (Phi) is 6.70.